The van der Waals surface area contributed by atoms with Crippen LogP contribution in [0, 0.1) is 5.82 Å². The molecular formula is C39H36FN9O5S. The molecule has 3 aliphatic rings. The van der Waals surface area contributed by atoms with Crippen molar-refractivity contribution in [2.45, 2.75) is 38.0 Å². The van der Waals surface area contributed by atoms with Crippen LogP contribution >= 0.6 is 11.3 Å². The van der Waals surface area contributed by atoms with Crippen molar-refractivity contribution in [1.29, 1.82) is 0 Å². The van der Waals surface area contributed by atoms with E-state index >= 15 is 0 Å². The third-order valence-corrected chi connectivity index (χ3v) is 10.7. The molecule has 55 heavy (non-hydrogen) atoms. The molecule has 0 aliphatic carbocycles. The predicted molar refractivity (Wildman–Crippen MR) is 203 cm³/mol. The fourth-order valence-electron chi connectivity index (χ4n) is 7.18. The number of piperidine rings is 1. The van der Waals surface area contributed by atoms with Crippen LogP contribution < -0.4 is 20.9 Å². The van der Waals surface area contributed by atoms with Crippen LogP contribution in [-0.2, 0) is 27.5 Å². The Balaban J connectivity index is 0.906. The van der Waals surface area contributed by atoms with Crippen molar-refractivity contribution in [3.8, 4) is 17.0 Å². The molecule has 280 valence electrons. The van der Waals surface area contributed by atoms with E-state index in [1.165, 1.54) is 22.4 Å². The lowest BCUT2D eigenvalue weighted by atomic mass is 10.0. The molecule has 0 spiro atoms. The summed E-state index contributed by atoms with van der Waals surface area (Å²) >= 11 is 1.20. The maximum absolute atomic E-state index is 14.4. The topological polar surface area (TPSA) is 173 Å². The summed E-state index contributed by atoms with van der Waals surface area (Å²) < 4.78 is 14.4. The lowest BCUT2D eigenvalue weighted by Gasteiger charge is -2.35. The summed E-state index contributed by atoms with van der Waals surface area (Å²) in [6, 6.07) is 18.7. The molecule has 5 heterocycles. The van der Waals surface area contributed by atoms with E-state index in [-0.39, 0.29) is 29.7 Å². The zero-order valence-electron chi connectivity index (χ0n) is 29.4. The monoisotopic (exact) mass is 761 g/mol. The lowest BCUT2D eigenvalue weighted by Crippen LogP contribution is -2.47. The van der Waals surface area contributed by atoms with Gasteiger partial charge in [-0.2, -0.15) is 0 Å². The minimum atomic E-state index is -1.32. The molecule has 4 N–H and O–H groups in total. The molecule has 0 bridgehead atoms. The number of aromatic nitrogens is 3. The smallest absolute Gasteiger partial charge is 0.255 e. The number of fused-ring (bicyclic) bond motifs is 1. The minimum Gasteiger partial charge on any atom is -0.508 e. The molecule has 8 rings (SSSR count). The fraction of sp³-hybridized carbons (Fsp3) is 0.256. The van der Waals surface area contributed by atoms with Gasteiger partial charge in [-0.1, -0.05) is 24.3 Å². The molecule has 3 aromatic carbocycles. The van der Waals surface area contributed by atoms with E-state index in [2.05, 4.69) is 47.0 Å². The van der Waals surface area contributed by atoms with E-state index in [1.54, 1.807) is 17.5 Å². The third-order valence-electron chi connectivity index (χ3n) is 10.0. The third kappa shape index (κ3) is 7.72. The summed E-state index contributed by atoms with van der Waals surface area (Å²) in [7, 11) is 0. The van der Waals surface area contributed by atoms with Crippen molar-refractivity contribution in [3.05, 3.63) is 112 Å². The summed E-state index contributed by atoms with van der Waals surface area (Å²) in [5.41, 5.74) is 4.22. The normalized spacial score (nSPS) is 17.8. The largest absolute Gasteiger partial charge is 0.508 e. The van der Waals surface area contributed by atoms with Crippen molar-refractivity contribution in [2.24, 2.45) is 0 Å². The van der Waals surface area contributed by atoms with Gasteiger partial charge in [0.15, 0.2) is 10.9 Å². The van der Waals surface area contributed by atoms with E-state index in [9.17, 15) is 28.7 Å². The van der Waals surface area contributed by atoms with Gasteiger partial charge in [-0.05, 0) is 66.1 Å². The molecule has 0 saturated carbocycles. The van der Waals surface area contributed by atoms with Crippen molar-refractivity contribution >= 4 is 51.6 Å². The molecule has 2 fully saturated rings. The van der Waals surface area contributed by atoms with Gasteiger partial charge in [0.2, 0.25) is 11.8 Å². The van der Waals surface area contributed by atoms with Crippen LogP contribution in [0.1, 0.15) is 45.9 Å². The molecule has 2 aromatic heterocycles. The number of rotatable bonds is 10. The van der Waals surface area contributed by atoms with Gasteiger partial charge in [-0.15, -0.1) is 21.5 Å². The Morgan fingerprint density at radius 2 is 1.85 bits per heavy atom. The highest BCUT2D eigenvalue weighted by Crippen LogP contribution is 2.38. The molecule has 2 saturated heterocycles. The molecule has 3 aliphatic heterocycles. The van der Waals surface area contributed by atoms with Crippen LogP contribution in [0.3, 0.4) is 0 Å². The number of carbonyl (C=O) groups is 4. The highest BCUT2D eigenvalue weighted by molar-refractivity contribution is 7.13. The number of phenolic OH excluding ortho intramolecular Hbond substituents is 1. The SMILES string of the molecule is O=C1CCC(Nc2cccc(CN3CCN(c4ccc(-c5ccc6c(c5)C(=O)N(C(C(=O)Nc5nccs5)c5cc(F)ccc5O)C6)nn4)CC3)c2)C(=O)N1. The number of carbonyl (C=O) groups excluding carboxylic acids is 4. The second-order valence-electron chi connectivity index (χ2n) is 13.6. The Kier molecular flexibility index (Phi) is 9.90. The van der Waals surface area contributed by atoms with Gasteiger partial charge in [0.1, 0.15) is 23.7 Å². The van der Waals surface area contributed by atoms with Crippen LogP contribution in [0.4, 0.5) is 21.0 Å². The van der Waals surface area contributed by atoms with E-state index in [1.807, 2.05) is 36.4 Å². The van der Waals surface area contributed by atoms with Gasteiger partial charge >= 0.3 is 0 Å². The molecule has 0 radical (unpaired) electrons. The Labute approximate surface area is 319 Å². The first-order valence-corrected chi connectivity index (χ1v) is 18.7. The Morgan fingerprint density at radius 3 is 2.62 bits per heavy atom. The van der Waals surface area contributed by atoms with Crippen molar-refractivity contribution in [2.75, 3.05) is 41.7 Å². The zero-order chi connectivity index (χ0) is 38.1. The number of thiazole rings is 1. The lowest BCUT2D eigenvalue weighted by molar-refractivity contribution is -0.133. The average molecular weight is 762 g/mol. The number of nitrogens with zero attached hydrogens (tertiary/aromatic N) is 6. The number of nitrogens with one attached hydrogen (secondary N) is 3. The number of halogens is 1. The number of benzene rings is 3. The van der Waals surface area contributed by atoms with Gasteiger partial charge in [-0.3, -0.25) is 34.7 Å². The Morgan fingerprint density at radius 1 is 1.00 bits per heavy atom. The fourth-order valence-corrected chi connectivity index (χ4v) is 7.71. The summed E-state index contributed by atoms with van der Waals surface area (Å²) in [6.45, 7) is 3.95. The second kappa shape index (κ2) is 15.2. The van der Waals surface area contributed by atoms with Crippen molar-refractivity contribution in [3.63, 3.8) is 0 Å². The maximum Gasteiger partial charge on any atom is 0.255 e. The van der Waals surface area contributed by atoms with Crippen LogP contribution in [0.25, 0.3) is 11.3 Å². The van der Waals surface area contributed by atoms with Gasteiger partial charge in [-0.25, -0.2) is 9.37 Å². The van der Waals surface area contributed by atoms with Gasteiger partial charge < -0.3 is 20.2 Å². The predicted octanol–water partition coefficient (Wildman–Crippen LogP) is 4.32. The summed E-state index contributed by atoms with van der Waals surface area (Å²) in [5, 5.41) is 30.0. The first-order chi connectivity index (χ1) is 26.7. The molecule has 2 atom stereocenters. The minimum absolute atomic E-state index is 0.0359. The van der Waals surface area contributed by atoms with E-state index in [0.717, 1.165) is 68.0 Å². The Bertz CT molecular complexity index is 2260. The first kappa shape index (κ1) is 35.8. The molecular weight excluding hydrogens is 726 g/mol. The first-order valence-electron chi connectivity index (χ1n) is 17.8. The second-order valence-corrected chi connectivity index (χ2v) is 14.5. The van der Waals surface area contributed by atoms with Gasteiger partial charge in [0.25, 0.3) is 11.8 Å². The van der Waals surface area contributed by atoms with E-state index in [0.29, 0.717) is 40.4 Å². The van der Waals surface area contributed by atoms with E-state index in [4.69, 9.17) is 0 Å². The molecule has 2 unspecified atom stereocenters. The average Bonchev–Trinajstić information content (AvgIpc) is 3.82. The van der Waals surface area contributed by atoms with Crippen molar-refractivity contribution < 1.29 is 28.7 Å². The standard InChI is InChI=1S/C39H36FN9O5S/c40-26-6-9-32(50)29(20-26)35(37(53)44-39-41-12-17-55-39)49-22-25-5-4-24(19-28(25)38(49)54)30-7-10-33(46-45-30)48-15-13-47(14-16-48)21-23-2-1-3-27(18-23)42-31-8-11-34(51)43-36(31)52/h1-7,9-10,12,17-20,31,35,42,50H,8,11,13-16,21-22H2,(H,41,44,53)(H,43,51,52). The Hall–Kier alpha value is -6.26. The van der Waals surface area contributed by atoms with Crippen LogP contribution in [-0.4, -0.2) is 85.9 Å². The summed E-state index contributed by atoms with van der Waals surface area (Å²) in [5.74, 6) is -1.84. The summed E-state index contributed by atoms with van der Waals surface area (Å²) in [4.78, 5) is 61.1. The maximum atomic E-state index is 14.4. The van der Waals surface area contributed by atoms with Gasteiger partial charge in [0.05, 0.1) is 5.69 Å². The zero-order valence-corrected chi connectivity index (χ0v) is 30.3. The number of hydrogen-bond acceptors (Lipinski definition) is 12. The highest BCUT2D eigenvalue weighted by Gasteiger charge is 2.39. The number of imide groups is 1. The van der Waals surface area contributed by atoms with Gasteiger partial charge in [0, 0.05) is 79.6 Å². The highest BCUT2D eigenvalue weighted by atomic mass is 32.1. The quantitative estimate of drug-likeness (QED) is 0.149. The molecule has 4 amide bonds. The number of hydrogen-bond donors (Lipinski definition) is 4. The van der Waals surface area contributed by atoms with Crippen LogP contribution in [0.15, 0.2) is 84.4 Å². The molecule has 16 heteroatoms. The van der Waals surface area contributed by atoms with Crippen molar-refractivity contribution in [1.82, 2.24) is 30.3 Å². The van der Waals surface area contributed by atoms with Crippen LogP contribution in [0.5, 0.6) is 5.75 Å². The van der Waals surface area contributed by atoms with E-state index < -0.39 is 29.7 Å². The number of piperazine rings is 1. The number of aromatic hydroxyl groups is 1. The summed E-state index contributed by atoms with van der Waals surface area (Å²) in [6.07, 6.45) is 2.31. The number of anilines is 3. The van der Waals surface area contributed by atoms with Crippen LogP contribution in [0.2, 0.25) is 0 Å². The molecule has 14 nitrogen and oxygen atoms in total. The molecule has 5 aromatic rings. The number of amides is 4. The number of phenols is 1.